The van der Waals surface area contributed by atoms with Crippen LogP contribution in [-0.2, 0) is 0 Å². The number of carbonyl (C=O) groups is 1. The molecule has 0 aliphatic heterocycles. The first-order chi connectivity index (χ1) is 12.6. The van der Waals surface area contributed by atoms with Gasteiger partial charge in [-0.15, -0.1) is 0 Å². The summed E-state index contributed by atoms with van der Waals surface area (Å²) >= 11 is 0. The summed E-state index contributed by atoms with van der Waals surface area (Å²) in [5.41, 5.74) is 2.62. The molecule has 1 N–H and O–H groups in total. The van der Waals surface area contributed by atoms with Gasteiger partial charge in [0, 0.05) is 17.7 Å². The van der Waals surface area contributed by atoms with E-state index in [2.05, 4.69) is 5.32 Å². The molecule has 1 amide bonds. The lowest BCUT2D eigenvalue weighted by molar-refractivity contribution is -0.384. The average Bonchev–Trinajstić information content (AvgIpc) is 2.68. The van der Waals surface area contributed by atoms with Gasteiger partial charge in [0.25, 0.3) is 11.6 Å². The van der Waals surface area contributed by atoms with E-state index in [9.17, 15) is 14.9 Å². The van der Waals surface area contributed by atoms with Crippen LogP contribution in [0.4, 0.5) is 11.4 Å². The molecule has 0 aliphatic carbocycles. The van der Waals surface area contributed by atoms with Crippen LogP contribution in [0.1, 0.15) is 10.4 Å². The van der Waals surface area contributed by atoms with Crippen molar-refractivity contribution < 1.29 is 14.5 Å². The number of hydrogen-bond donors (Lipinski definition) is 1. The fourth-order valence-electron chi connectivity index (χ4n) is 2.55. The van der Waals surface area contributed by atoms with Gasteiger partial charge in [0.1, 0.15) is 5.75 Å². The van der Waals surface area contributed by atoms with Crippen molar-refractivity contribution >= 4 is 17.3 Å². The smallest absolute Gasteiger partial charge is 0.271 e. The van der Waals surface area contributed by atoms with Crippen molar-refractivity contribution in [1.29, 1.82) is 0 Å². The molecule has 130 valence electrons. The van der Waals surface area contributed by atoms with Crippen LogP contribution >= 0.6 is 0 Å². The normalized spacial score (nSPS) is 10.2. The van der Waals surface area contributed by atoms with Crippen LogP contribution in [0.3, 0.4) is 0 Å². The van der Waals surface area contributed by atoms with Crippen LogP contribution < -0.4 is 10.1 Å². The Balaban J connectivity index is 1.82. The van der Waals surface area contributed by atoms with E-state index >= 15 is 0 Å². The largest absolute Gasteiger partial charge is 0.495 e. The molecule has 0 saturated carbocycles. The number of nitro benzene ring substituents is 1. The second kappa shape index (κ2) is 7.48. The molecule has 6 nitrogen and oxygen atoms in total. The number of amides is 1. The van der Waals surface area contributed by atoms with Gasteiger partial charge in [0.2, 0.25) is 0 Å². The molecular weight excluding hydrogens is 332 g/mol. The monoisotopic (exact) mass is 348 g/mol. The Morgan fingerprint density at radius 1 is 0.962 bits per heavy atom. The third kappa shape index (κ3) is 3.70. The number of anilines is 1. The van der Waals surface area contributed by atoms with E-state index in [1.807, 2.05) is 42.5 Å². The number of non-ortho nitro benzene ring substituents is 1. The molecule has 3 aromatic carbocycles. The molecule has 6 heteroatoms. The van der Waals surface area contributed by atoms with Gasteiger partial charge in [0.05, 0.1) is 17.7 Å². The van der Waals surface area contributed by atoms with Crippen LogP contribution in [-0.4, -0.2) is 17.9 Å². The number of hydrogen-bond acceptors (Lipinski definition) is 4. The first kappa shape index (κ1) is 17.2. The molecule has 0 radical (unpaired) electrons. The SMILES string of the molecule is COc1ccc([N+](=O)[O-])cc1NC(=O)c1ccc(-c2ccccc2)cc1. The van der Waals surface area contributed by atoms with Gasteiger partial charge in [-0.05, 0) is 29.3 Å². The van der Waals surface area contributed by atoms with Crippen LogP contribution in [0.2, 0.25) is 0 Å². The number of nitrogens with zero attached hydrogens (tertiary/aromatic N) is 1. The minimum absolute atomic E-state index is 0.125. The predicted molar refractivity (Wildman–Crippen MR) is 99.5 cm³/mol. The molecule has 0 fully saturated rings. The molecule has 3 aromatic rings. The van der Waals surface area contributed by atoms with Crippen molar-refractivity contribution in [3.63, 3.8) is 0 Å². The van der Waals surface area contributed by atoms with E-state index in [0.717, 1.165) is 11.1 Å². The predicted octanol–water partition coefficient (Wildman–Crippen LogP) is 4.52. The maximum Gasteiger partial charge on any atom is 0.271 e. The molecule has 26 heavy (non-hydrogen) atoms. The van der Waals surface area contributed by atoms with E-state index in [1.165, 1.54) is 25.3 Å². The van der Waals surface area contributed by atoms with Gasteiger partial charge in [-0.3, -0.25) is 14.9 Å². The molecule has 0 spiro atoms. The van der Waals surface area contributed by atoms with Gasteiger partial charge >= 0.3 is 0 Å². The van der Waals surface area contributed by atoms with E-state index in [4.69, 9.17) is 4.74 Å². The Morgan fingerprint density at radius 2 is 1.62 bits per heavy atom. The maximum absolute atomic E-state index is 12.5. The summed E-state index contributed by atoms with van der Waals surface area (Å²) in [6, 6.07) is 21.0. The molecule has 0 unspecified atom stereocenters. The fraction of sp³-hybridized carbons (Fsp3) is 0.0500. The molecule has 0 heterocycles. The van der Waals surface area contributed by atoms with Gasteiger partial charge < -0.3 is 10.1 Å². The molecule has 3 rings (SSSR count). The highest BCUT2D eigenvalue weighted by molar-refractivity contribution is 6.05. The summed E-state index contributed by atoms with van der Waals surface area (Å²) < 4.78 is 5.16. The highest BCUT2D eigenvalue weighted by Gasteiger charge is 2.14. The van der Waals surface area contributed by atoms with Crippen LogP contribution in [0.25, 0.3) is 11.1 Å². The summed E-state index contributed by atoms with van der Waals surface area (Å²) in [7, 11) is 1.44. The highest BCUT2D eigenvalue weighted by Crippen LogP contribution is 2.29. The number of nitrogens with one attached hydrogen (secondary N) is 1. The Hall–Kier alpha value is -3.67. The van der Waals surface area contributed by atoms with Crippen molar-refractivity contribution in [1.82, 2.24) is 0 Å². The third-order valence-electron chi connectivity index (χ3n) is 3.90. The fourth-order valence-corrected chi connectivity index (χ4v) is 2.55. The van der Waals surface area contributed by atoms with Crippen LogP contribution in [0.15, 0.2) is 72.8 Å². The Labute approximate surface area is 150 Å². The van der Waals surface area contributed by atoms with E-state index < -0.39 is 4.92 Å². The zero-order valence-electron chi connectivity index (χ0n) is 14.0. The van der Waals surface area contributed by atoms with Gasteiger partial charge in [-0.2, -0.15) is 0 Å². The zero-order valence-corrected chi connectivity index (χ0v) is 14.0. The number of carbonyl (C=O) groups excluding carboxylic acids is 1. The minimum Gasteiger partial charge on any atom is -0.495 e. The Bertz CT molecular complexity index is 938. The number of ether oxygens (including phenoxy) is 1. The van der Waals surface area contributed by atoms with E-state index in [0.29, 0.717) is 11.3 Å². The number of rotatable bonds is 5. The standard InChI is InChI=1S/C20H16N2O4/c1-26-19-12-11-17(22(24)25)13-18(19)21-20(23)16-9-7-15(8-10-16)14-5-3-2-4-6-14/h2-13H,1H3,(H,21,23). The van der Waals surface area contributed by atoms with Crippen molar-refractivity contribution in [3.8, 4) is 16.9 Å². The Morgan fingerprint density at radius 3 is 2.23 bits per heavy atom. The second-order valence-electron chi connectivity index (χ2n) is 5.54. The van der Waals surface area contributed by atoms with Crippen molar-refractivity contribution in [2.75, 3.05) is 12.4 Å². The van der Waals surface area contributed by atoms with Gasteiger partial charge in [0.15, 0.2) is 0 Å². The lowest BCUT2D eigenvalue weighted by Crippen LogP contribution is -2.12. The topological polar surface area (TPSA) is 81.5 Å². The first-order valence-corrected chi connectivity index (χ1v) is 7.88. The number of benzene rings is 3. The molecule has 0 atom stereocenters. The molecule has 0 aromatic heterocycles. The third-order valence-corrected chi connectivity index (χ3v) is 3.90. The van der Waals surface area contributed by atoms with Crippen molar-refractivity contribution in [2.24, 2.45) is 0 Å². The van der Waals surface area contributed by atoms with E-state index in [1.54, 1.807) is 12.1 Å². The van der Waals surface area contributed by atoms with Crippen LogP contribution in [0, 0.1) is 10.1 Å². The molecule has 0 aliphatic rings. The summed E-state index contributed by atoms with van der Waals surface area (Å²) in [5, 5.41) is 13.6. The number of nitro groups is 1. The summed E-state index contributed by atoms with van der Waals surface area (Å²) in [6.45, 7) is 0. The van der Waals surface area contributed by atoms with Crippen molar-refractivity contribution in [2.45, 2.75) is 0 Å². The summed E-state index contributed by atoms with van der Waals surface area (Å²) in [5.74, 6) is -0.0201. The molecule has 0 bridgehead atoms. The van der Waals surface area contributed by atoms with Gasteiger partial charge in [-0.1, -0.05) is 42.5 Å². The molecular formula is C20H16N2O4. The second-order valence-corrected chi connectivity index (χ2v) is 5.54. The lowest BCUT2D eigenvalue weighted by Gasteiger charge is -2.10. The first-order valence-electron chi connectivity index (χ1n) is 7.88. The summed E-state index contributed by atoms with van der Waals surface area (Å²) in [6.07, 6.45) is 0. The van der Waals surface area contributed by atoms with Gasteiger partial charge in [-0.25, -0.2) is 0 Å². The lowest BCUT2D eigenvalue weighted by atomic mass is 10.0. The zero-order chi connectivity index (χ0) is 18.5. The quantitative estimate of drug-likeness (QED) is 0.543. The Kier molecular flexibility index (Phi) is 4.94. The average molecular weight is 348 g/mol. The minimum atomic E-state index is -0.524. The highest BCUT2D eigenvalue weighted by atomic mass is 16.6. The maximum atomic E-state index is 12.5. The molecule has 0 saturated heterocycles. The van der Waals surface area contributed by atoms with Crippen LogP contribution in [0.5, 0.6) is 5.75 Å². The summed E-state index contributed by atoms with van der Waals surface area (Å²) in [4.78, 5) is 22.9. The van der Waals surface area contributed by atoms with E-state index in [-0.39, 0.29) is 17.3 Å². The number of methoxy groups -OCH3 is 1. The van der Waals surface area contributed by atoms with Crippen molar-refractivity contribution in [3.05, 3.63) is 88.5 Å².